The molecule has 0 unspecified atom stereocenters. The van der Waals surface area contributed by atoms with Gasteiger partial charge in [-0.3, -0.25) is 0 Å². The zero-order chi connectivity index (χ0) is 40.7. The monoisotopic (exact) mass is 802 g/mol. The fourth-order valence-electron chi connectivity index (χ4n) is 7.19. The van der Waals surface area contributed by atoms with E-state index in [1.165, 1.54) is 49.3 Å². The zero-order valence-electron chi connectivity index (χ0n) is 30.7. The van der Waals surface area contributed by atoms with Crippen LogP contribution in [0.3, 0.4) is 0 Å². The predicted octanol–water partition coefficient (Wildman–Crippen LogP) is 10.1. The number of ether oxygens (including phenoxy) is 6. The predicted molar refractivity (Wildman–Crippen MR) is 204 cm³/mol. The molecule has 8 aromatic rings. The lowest BCUT2D eigenvalue weighted by Crippen LogP contribution is -2.22. The minimum atomic E-state index is -0.709. The summed E-state index contributed by atoms with van der Waals surface area (Å²) in [4.78, 5) is 51.6. The number of benzene rings is 4. The molecule has 14 heteroatoms. The van der Waals surface area contributed by atoms with Gasteiger partial charge in [-0.05, 0) is 72.8 Å². The summed E-state index contributed by atoms with van der Waals surface area (Å²) in [6.45, 7) is 0. The lowest BCUT2D eigenvalue weighted by Gasteiger charge is -2.38. The van der Waals surface area contributed by atoms with Crippen molar-refractivity contribution < 1.29 is 65.3 Å². The summed E-state index contributed by atoms with van der Waals surface area (Å²) in [6.07, 6.45) is 5.47. The van der Waals surface area contributed by atoms with Crippen molar-refractivity contribution in [1.29, 1.82) is 0 Å². The molecule has 0 amide bonds. The van der Waals surface area contributed by atoms with Crippen LogP contribution < -0.4 is 28.4 Å². The van der Waals surface area contributed by atoms with Gasteiger partial charge in [-0.2, -0.15) is 0 Å². The van der Waals surface area contributed by atoms with Gasteiger partial charge in [-0.1, -0.05) is 24.3 Å². The van der Waals surface area contributed by atoms with Crippen LogP contribution in [0.25, 0.3) is 0 Å². The average Bonchev–Trinajstić information content (AvgIpc) is 4.10. The van der Waals surface area contributed by atoms with Gasteiger partial charge >= 0.3 is 23.9 Å². The Balaban J connectivity index is 1.09. The molecule has 294 valence electrons. The van der Waals surface area contributed by atoms with Crippen molar-refractivity contribution in [2.24, 2.45) is 0 Å². The topological polar surface area (TPSA) is 176 Å². The Kier molecular flexibility index (Phi) is 8.83. The smallest absolute Gasteiger partial charge is 0.379 e. The molecule has 2 aliphatic heterocycles. The van der Waals surface area contributed by atoms with Gasteiger partial charge in [0.25, 0.3) is 0 Å². The summed E-state index contributed by atoms with van der Waals surface area (Å²) in [5.41, 5.74) is 2.80. The van der Waals surface area contributed by atoms with E-state index in [1.54, 1.807) is 97.1 Å². The Morgan fingerprint density at radius 1 is 0.350 bits per heavy atom. The molecule has 0 fully saturated rings. The summed E-state index contributed by atoms with van der Waals surface area (Å²) in [7, 11) is 0. The fourth-order valence-corrected chi connectivity index (χ4v) is 7.19. The lowest BCUT2D eigenvalue weighted by atomic mass is 9.71. The molecule has 0 saturated carbocycles. The maximum Gasteiger partial charge on any atom is 0.379 e. The number of carbonyl (C=O) groups excluding carboxylic acids is 4. The maximum atomic E-state index is 12.9. The van der Waals surface area contributed by atoms with Crippen LogP contribution in [0.5, 0.6) is 46.0 Å². The van der Waals surface area contributed by atoms with Gasteiger partial charge in [0.1, 0.15) is 46.0 Å². The van der Waals surface area contributed by atoms with Crippen LogP contribution >= 0.6 is 0 Å². The first-order valence-corrected chi connectivity index (χ1v) is 18.3. The first-order valence-electron chi connectivity index (χ1n) is 18.3. The third-order valence-corrected chi connectivity index (χ3v) is 9.79. The van der Waals surface area contributed by atoms with Crippen molar-refractivity contribution in [2.45, 2.75) is 11.8 Å². The van der Waals surface area contributed by atoms with E-state index in [0.29, 0.717) is 45.3 Å². The molecule has 0 N–H and O–H groups in total. The molecule has 4 aromatic carbocycles. The van der Waals surface area contributed by atoms with E-state index in [9.17, 15) is 19.2 Å². The highest BCUT2D eigenvalue weighted by atomic mass is 16.6. The SMILES string of the molecule is O=C(Oc1ccc2c(c1)Oc1cc(OC(=O)c3ccco3)ccc1C2C1c2ccc(OC(=O)c3ccco3)cc2Oc2cc(OC(=O)c3ccco3)ccc21)c1ccco1. The number of esters is 4. The van der Waals surface area contributed by atoms with Crippen LogP contribution in [-0.2, 0) is 0 Å². The van der Waals surface area contributed by atoms with Crippen LogP contribution in [0.4, 0.5) is 0 Å². The van der Waals surface area contributed by atoms with Gasteiger partial charge in [0.15, 0.2) is 0 Å². The van der Waals surface area contributed by atoms with Gasteiger partial charge in [0.05, 0.1) is 25.1 Å². The van der Waals surface area contributed by atoms with E-state index in [1.807, 2.05) is 0 Å². The van der Waals surface area contributed by atoms with E-state index in [-0.39, 0.29) is 46.0 Å². The van der Waals surface area contributed by atoms with E-state index in [0.717, 1.165) is 0 Å². The molecule has 4 aromatic heterocycles. The summed E-state index contributed by atoms with van der Waals surface area (Å²) in [5, 5.41) is 0. The van der Waals surface area contributed by atoms with Gasteiger partial charge < -0.3 is 46.1 Å². The normalized spacial score (nSPS) is 12.7. The number of rotatable bonds is 9. The molecule has 0 bridgehead atoms. The Morgan fingerprint density at radius 3 is 0.817 bits per heavy atom. The Labute approximate surface area is 338 Å². The van der Waals surface area contributed by atoms with Gasteiger partial charge in [-0.15, -0.1) is 0 Å². The summed E-state index contributed by atoms with van der Waals surface area (Å²) < 4.78 is 56.5. The number of fused-ring (bicyclic) bond motifs is 4. The summed E-state index contributed by atoms with van der Waals surface area (Å²) >= 11 is 0. The molecule has 0 radical (unpaired) electrons. The first-order chi connectivity index (χ1) is 29.3. The number of furan rings is 4. The number of carbonyl (C=O) groups is 4. The van der Waals surface area contributed by atoms with E-state index < -0.39 is 35.7 Å². The molecule has 0 saturated heterocycles. The molecular weight excluding hydrogens is 776 g/mol. The number of hydrogen-bond donors (Lipinski definition) is 0. The summed E-state index contributed by atoms with van der Waals surface area (Å²) in [6, 6.07) is 32.4. The number of hydrogen-bond acceptors (Lipinski definition) is 14. The highest BCUT2D eigenvalue weighted by Gasteiger charge is 2.41. The van der Waals surface area contributed by atoms with Crippen molar-refractivity contribution in [1.82, 2.24) is 0 Å². The standard InChI is InChI=1S/C46H26O14/c47-43(33-5-1-17-51-33)55-25-9-13-29-37(21-25)59-38-22-26(56-44(48)34-6-2-18-52-34)10-14-30(38)41(29)42-31-15-11-27(57-45(49)35-7-3-19-53-35)23-39(31)60-40-24-28(12-16-32(40)42)58-46(50)36-8-4-20-54-36/h1-24,41-42H. The van der Waals surface area contributed by atoms with Crippen LogP contribution in [0.2, 0.25) is 0 Å². The third kappa shape index (κ3) is 6.73. The largest absolute Gasteiger partial charge is 0.457 e. The van der Waals surface area contributed by atoms with Gasteiger partial charge in [-0.25, -0.2) is 19.2 Å². The van der Waals surface area contributed by atoms with Crippen LogP contribution in [-0.4, -0.2) is 23.9 Å². The minimum absolute atomic E-state index is 0.0127. The Hall–Kier alpha value is -8.52. The molecule has 0 atom stereocenters. The van der Waals surface area contributed by atoms with Crippen molar-refractivity contribution >= 4 is 23.9 Å². The maximum absolute atomic E-state index is 12.9. The highest BCUT2D eigenvalue weighted by Crippen LogP contribution is 2.59. The average molecular weight is 803 g/mol. The Morgan fingerprint density at radius 2 is 0.600 bits per heavy atom. The van der Waals surface area contributed by atoms with Crippen molar-refractivity contribution in [2.75, 3.05) is 0 Å². The minimum Gasteiger partial charge on any atom is -0.457 e. The van der Waals surface area contributed by atoms with Crippen molar-refractivity contribution in [3.05, 3.63) is 192 Å². The van der Waals surface area contributed by atoms with Crippen molar-refractivity contribution in [3.8, 4) is 46.0 Å². The van der Waals surface area contributed by atoms with Crippen LogP contribution in [0.15, 0.2) is 164 Å². The quantitative estimate of drug-likeness (QED) is 0.0995. The van der Waals surface area contributed by atoms with Crippen molar-refractivity contribution in [3.63, 3.8) is 0 Å². The van der Waals surface area contributed by atoms with E-state index in [2.05, 4.69) is 0 Å². The van der Waals surface area contributed by atoms with Crippen LogP contribution in [0.1, 0.15) is 76.3 Å². The molecule has 10 rings (SSSR count). The van der Waals surface area contributed by atoms with E-state index >= 15 is 0 Å². The zero-order valence-corrected chi connectivity index (χ0v) is 30.7. The van der Waals surface area contributed by atoms with Gasteiger partial charge in [0, 0.05) is 58.4 Å². The second-order valence-electron chi connectivity index (χ2n) is 13.4. The first kappa shape index (κ1) is 35.9. The Bertz CT molecular complexity index is 2510. The second-order valence-corrected chi connectivity index (χ2v) is 13.4. The van der Waals surface area contributed by atoms with Crippen LogP contribution in [0, 0.1) is 0 Å². The third-order valence-electron chi connectivity index (χ3n) is 9.79. The van der Waals surface area contributed by atoms with Gasteiger partial charge in [0.2, 0.25) is 23.0 Å². The molecule has 14 nitrogen and oxygen atoms in total. The molecule has 2 aliphatic rings. The summed E-state index contributed by atoms with van der Waals surface area (Å²) in [5.74, 6) is -1.79. The lowest BCUT2D eigenvalue weighted by molar-refractivity contribution is 0.0691. The fraction of sp³-hybridized carbons (Fsp3) is 0.0435. The molecule has 0 aliphatic carbocycles. The molecule has 60 heavy (non-hydrogen) atoms. The molecule has 0 spiro atoms. The van der Waals surface area contributed by atoms with E-state index in [4.69, 9.17) is 46.1 Å². The highest BCUT2D eigenvalue weighted by molar-refractivity contribution is 5.90. The molecule has 6 heterocycles. The molecular formula is C46H26O14. The second kappa shape index (κ2) is 14.8.